The molecule has 0 aromatic heterocycles. The van der Waals surface area contributed by atoms with Crippen molar-refractivity contribution < 1.29 is 9.90 Å². The Morgan fingerprint density at radius 1 is 1.00 bits per heavy atom. The molecule has 2 atom stereocenters. The van der Waals surface area contributed by atoms with Crippen LogP contribution in [0.2, 0.25) is 0 Å². The third kappa shape index (κ3) is 3.94. The Kier molecular flexibility index (Phi) is 5.24. The van der Waals surface area contributed by atoms with E-state index in [0.717, 1.165) is 24.3 Å². The average Bonchev–Trinajstić information content (AvgIpc) is 2.67. The Bertz CT molecular complexity index is 695. The fourth-order valence-electron chi connectivity index (χ4n) is 3.25. The van der Waals surface area contributed by atoms with E-state index in [2.05, 4.69) is 4.90 Å². The summed E-state index contributed by atoms with van der Waals surface area (Å²) in [6.45, 7) is 4.84. The van der Waals surface area contributed by atoms with Crippen molar-refractivity contribution in [3.8, 4) is 5.75 Å². The molecular weight excluding hydrogens is 314 g/mol. The van der Waals surface area contributed by atoms with Crippen LogP contribution in [-0.4, -0.2) is 42.1 Å². The maximum absolute atomic E-state index is 12.8. The van der Waals surface area contributed by atoms with Crippen molar-refractivity contribution in [3.05, 3.63) is 60.2 Å². The average molecular weight is 339 g/mol. The molecule has 5 nitrogen and oxygen atoms in total. The van der Waals surface area contributed by atoms with Gasteiger partial charge in [0.1, 0.15) is 5.75 Å². The number of phenols is 1. The number of carbonyl (C=O) groups is 1. The summed E-state index contributed by atoms with van der Waals surface area (Å²) in [7, 11) is 0. The number of anilines is 1. The summed E-state index contributed by atoms with van der Waals surface area (Å²) < 4.78 is 0. The van der Waals surface area contributed by atoms with Crippen LogP contribution in [0.5, 0.6) is 5.75 Å². The number of nitrogens with two attached hydrogens (primary N) is 1. The predicted octanol–water partition coefficient (Wildman–Crippen LogP) is 2.38. The van der Waals surface area contributed by atoms with Gasteiger partial charge in [0.05, 0.1) is 5.92 Å². The van der Waals surface area contributed by atoms with Crippen LogP contribution < -0.4 is 10.6 Å². The van der Waals surface area contributed by atoms with Gasteiger partial charge < -0.3 is 20.6 Å². The Hall–Kier alpha value is -2.53. The molecule has 0 radical (unpaired) electrons. The number of carbonyl (C=O) groups excluding carboxylic acids is 1. The van der Waals surface area contributed by atoms with Crippen LogP contribution in [0.25, 0.3) is 0 Å². The normalized spacial score (nSPS) is 17.2. The minimum absolute atomic E-state index is 0.113. The van der Waals surface area contributed by atoms with Crippen molar-refractivity contribution >= 4 is 11.6 Å². The first kappa shape index (κ1) is 17.3. The first-order chi connectivity index (χ1) is 12.1. The highest BCUT2D eigenvalue weighted by molar-refractivity contribution is 5.79. The third-order valence-electron chi connectivity index (χ3n) is 4.92. The Labute approximate surface area is 148 Å². The van der Waals surface area contributed by atoms with Crippen molar-refractivity contribution in [2.24, 2.45) is 11.7 Å². The number of hydrogen-bond donors (Lipinski definition) is 2. The van der Waals surface area contributed by atoms with Crippen LogP contribution in [0.4, 0.5) is 5.69 Å². The second kappa shape index (κ2) is 7.57. The summed E-state index contributed by atoms with van der Waals surface area (Å²) in [6, 6.07) is 16.7. The topological polar surface area (TPSA) is 69.8 Å². The molecule has 132 valence electrons. The lowest BCUT2D eigenvalue weighted by Crippen LogP contribution is -2.51. The molecule has 5 heteroatoms. The minimum Gasteiger partial charge on any atom is -0.508 e. The molecule has 2 aromatic carbocycles. The van der Waals surface area contributed by atoms with Gasteiger partial charge in [0.25, 0.3) is 0 Å². The van der Waals surface area contributed by atoms with E-state index in [0.29, 0.717) is 13.1 Å². The Morgan fingerprint density at radius 3 is 2.20 bits per heavy atom. The molecule has 3 rings (SSSR count). The lowest BCUT2D eigenvalue weighted by molar-refractivity contribution is -0.136. The van der Waals surface area contributed by atoms with Crippen LogP contribution in [0.1, 0.15) is 18.5 Å². The molecule has 1 heterocycles. The molecule has 1 amide bonds. The van der Waals surface area contributed by atoms with Gasteiger partial charge in [-0.2, -0.15) is 0 Å². The van der Waals surface area contributed by atoms with E-state index < -0.39 is 0 Å². The van der Waals surface area contributed by atoms with Crippen molar-refractivity contribution in [1.29, 1.82) is 0 Å². The highest BCUT2D eigenvalue weighted by atomic mass is 16.3. The molecule has 0 bridgehead atoms. The largest absolute Gasteiger partial charge is 0.508 e. The lowest BCUT2D eigenvalue weighted by atomic mass is 9.94. The van der Waals surface area contributed by atoms with Gasteiger partial charge in [-0.05, 0) is 29.8 Å². The van der Waals surface area contributed by atoms with E-state index in [4.69, 9.17) is 5.73 Å². The van der Waals surface area contributed by atoms with Crippen molar-refractivity contribution in [2.45, 2.75) is 13.0 Å². The van der Waals surface area contributed by atoms with Gasteiger partial charge in [-0.25, -0.2) is 0 Å². The summed E-state index contributed by atoms with van der Waals surface area (Å²) in [5.41, 5.74) is 8.36. The number of piperazine rings is 1. The van der Waals surface area contributed by atoms with Gasteiger partial charge in [0, 0.05) is 37.9 Å². The van der Waals surface area contributed by atoms with E-state index in [-0.39, 0.29) is 23.6 Å². The smallest absolute Gasteiger partial charge is 0.227 e. The molecule has 1 saturated heterocycles. The third-order valence-corrected chi connectivity index (χ3v) is 4.92. The standard InChI is InChI=1S/C20H25N3O2/c1-15(19(21)16-5-3-2-4-6-16)20(25)23-13-11-22(12-14-23)17-7-9-18(24)10-8-17/h2-10,15,19,24H,11-14,21H2,1H3. The molecule has 0 aliphatic carbocycles. The number of rotatable bonds is 4. The van der Waals surface area contributed by atoms with E-state index >= 15 is 0 Å². The van der Waals surface area contributed by atoms with E-state index in [1.807, 2.05) is 54.3 Å². The predicted molar refractivity (Wildman–Crippen MR) is 99.4 cm³/mol. The van der Waals surface area contributed by atoms with E-state index in [9.17, 15) is 9.90 Å². The molecule has 2 aromatic rings. The number of amides is 1. The number of aromatic hydroxyl groups is 1. The van der Waals surface area contributed by atoms with Crippen molar-refractivity contribution in [1.82, 2.24) is 4.90 Å². The van der Waals surface area contributed by atoms with Gasteiger partial charge in [-0.1, -0.05) is 37.3 Å². The van der Waals surface area contributed by atoms with Gasteiger partial charge >= 0.3 is 0 Å². The number of phenolic OH excluding ortho intramolecular Hbond substituents is 1. The monoisotopic (exact) mass is 339 g/mol. The van der Waals surface area contributed by atoms with Crippen LogP contribution in [-0.2, 0) is 4.79 Å². The first-order valence-electron chi connectivity index (χ1n) is 8.69. The summed E-state index contributed by atoms with van der Waals surface area (Å²) in [5, 5.41) is 9.39. The maximum Gasteiger partial charge on any atom is 0.227 e. The lowest BCUT2D eigenvalue weighted by Gasteiger charge is -2.38. The second-order valence-corrected chi connectivity index (χ2v) is 6.55. The SMILES string of the molecule is CC(C(=O)N1CCN(c2ccc(O)cc2)CC1)C(N)c1ccccc1. The zero-order valence-electron chi connectivity index (χ0n) is 14.5. The quantitative estimate of drug-likeness (QED) is 0.897. The molecule has 1 aliphatic heterocycles. The fourth-order valence-corrected chi connectivity index (χ4v) is 3.25. The van der Waals surface area contributed by atoms with Gasteiger partial charge in [0.2, 0.25) is 5.91 Å². The Balaban J connectivity index is 1.58. The zero-order valence-corrected chi connectivity index (χ0v) is 14.5. The first-order valence-corrected chi connectivity index (χ1v) is 8.69. The maximum atomic E-state index is 12.8. The summed E-state index contributed by atoms with van der Waals surface area (Å²) >= 11 is 0. The highest BCUT2D eigenvalue weighted by Crippen LogP contribution is 2.23. The molecule has 0 spiro atoms. The molecule has 2 unspecified atom stereocenters. The van der Waals surface area contributed by atoms with Crippen LogP contribution in [0.3, 0.4) is 0 Å². The summed E-state index contributed by atoms with van der Waals surface area (Å²) in [5.74, 6) is 0.130. The number of nitrogens with zero attached hydrogens (tertiary/aromatic N) is 2. The van der Waals surface area contributed by atoms with Crippen molar-refractivity contribution in [2.75, 3.05) is 31.1 Å². The minimum atomic E-state index is -0.288. The summed E-state index contributed by atoms with van der Waals surface area (Å²) in [6.07, 6.45) is 0. The molecule has 1 aliphatic rings. The van der Waals surface area contributed by atoms with Gasteiger partial charge in [-0.3, -0.25) is 4.79 Å². The van der Waals surface area contributed by atoms with Gasteiger partial charge in [-0.15, -0.1) is 0 Å². The highest BCUT2D eigenvalue weighted by Gasteiger charge is 2.29. The summed E-state index contributed by atoms with van der Waals surface area (Å²) in [4.78, 5) is 16.9. The fraction of sp³-hybridized carbons (Fsp3) is 0.350. The molecule has 3 N–H and O–H groups in total. The molecule has 1 fully saturated rings. The van der Waals surface area contributed by atoms with Crippen molar-refractivity contribution in [3.63, 3.8) is 0 Å². The second-order valence-electron chi connectivity index (χ2n) is 6.55. The van der Waals surface area contributed by atoms with Gasteiger partial charge in [0.15, 0.2) is 0 Å². The van der Waals surface area contributed by atoms with Crippen LogP contribution >= 0.6 is 0 Å². The van der Waals surface area contributed by atoms with Crippen LogP contribution in [0, 0.1) is 5.92 Å². The van der Waals surface area contributed by atoms with Crippen LogP contribution in [0.15, 0.2) is 54.6 Å². The number of benzene rings is 2. The molecule has 0 saturated carbocycles. The van der Waals surface area contributed by atoms with E-state index in [1.54, 1.807) is 12.1 Å². The molecule has 25 heavy (non-hydrogen) atoms. The number of hydrogen-bond acceptors (Lipinski definition) is 4. The Morgan fingerprint density at radius 2 is 1.60 bits per heavy atom. The zero-order chi connectivity index (χ0) is 17.8. The molecular formula is C20H25N3O2. The van der Waals surface area contributed by atoms with E-state index in [1.165, 1.54) is 0 Å².